The number of ether oxygens (including phenoxy) is 2. The molecule has 1 aliphatic heterocycles. The van der Waals surface area contributed by atoms with Gasteiger partial charge in [0, 0.05) is 18.3 Å². The Hall–Kier alpha value is -3.09. The number of rotatable bonds is 4. The summed E-state index contributed by atoms with van der Waals surface area (Å²) in [5.41, 5.74) is 3.25. The molecule has 1 aliphatic carbocycles. The normalized spacial score (nSPS) is 18.6. The van der Waals surface area contributed by atoms with E-state index < -0.39 is 0 Å². The van der Waals surface area contributed by atoms with Crippen LogP contribution in [0.3, 0.4) is 0 Å². The SMILES string of the molecule is COc1ccccc1N1C[C@H](C)N(C(=O)c2cc3c(nc2OC)CCC3)CC1=O. The zero-order valence-corrected chi connectivity index (χ0v) is 17.0. The first-order valence-corrected chi connectivity index (χ1v) is 9.84. The predicted octanol–water partition coefficient (Wildman–Crippen LogP) is 2.47. The summed E-state index contributed by atoms with van der Waals surface area (Å²) in [6.45, 7) is 2.34. The molecule has 2 aliphatic rings. The molecule has 1 aromatic heterocycles. The van der Waals surface area contributed by atoms with E-state index in [1.54, 1.807) is 16.9 Å². The molecule has 0 saturated carbocycles. The number of hydrogen-bond donors (Lipinski definition) is 0. The van der Waals surface area contributed by atoms with Gasteiger partial charge in [0.15, 0.2) is 0 Å². The fraction of sp³-hybridized carbons (Fsp3) is 0.409. The Morgan fingerprint density at radius 2 is 1.97 bits per heavy atom. The number of pyridine rings is 1. The maximum Gasteiger partial charge on any atom is 0.260 e. The minimum atomic E-state index is -0.218. The van der Waals surface area contributed by atoms with Crippen molar-refractivity contribution < 1.29 is 19.1 Å². The number of anilines is 1. The van der Waals surface area contributed by atoms with E-state index >= 15 is 0 Å². The standard InChI is InChI=1S/C22H25N3O4/c1-14-12-25(18-9-4-5-10-19(18)28-2)20(26)13-24(14)22(27)16-11-15-7-6-8-17(15)23-21(16)29-3/h4-5,9-11,14H,6-8,12-13H2,1-3H3/t14-/m0/s1. The van der Waals surface area contributed by atoms with Gasteiger partial charge in [0.25, 0.3) is 5.91 Å². The first-order chi connectivity index (χ1) is 14.0. The molecule has 1 aromatic carbocycles. The van der Waals surface area contributed by atoms with Crippen LogP contribution in [0, 0.1) is 0 Å². The van der Waals surface area contributed by atoms with Gasteiger partial charge in [0.2, 0.25) is 11.8 Å². The van der Waals surface area contributed by atoms with Crippen molar-refractivity contribution in [2.45, 2.75) is 32.2 Å². The molecule has 0 bridgehead atoms. The second-order valence-electron chi connectivity index (χ2n) is 7.46. The largest absolute Gasteiger partial charge is 0.495 e. The van der Waals surface area contributed by atoms with Gasteiger partial charge in [-0.1, -0.05) is 12.1 Å². The lowest BCUT2D eigenvalue weighted by Gasteiger charge is -2.39. The fourth-order valence-electron chi connectivity index (χ4n) is 4.13. The van der Waals surface area contributed by atoms with Crippen molar-refractivity contribution in [3.05, 3.63) is 47.2 Å². The third-order valence-electron chi connectivity index (χ3n) is 5.66. The van der Waals surface area contributed by atoms with Crippen molar-refractivity contribution in [3.8, 4) is 11.6 Å². The molecule has 0 unspecified atom stereocenters. The van der Waals surface area contributed by atoms with E-state index in [9.17, 15) is 9.59 Å². The van der Waals surface area contributed by atoms with E-state index in [0.717, 1.165) is 36.2 Å². The first kappa shape index (κ1) is 19.2. The molecular formula is C22H25N3O4. The zero-order chi connectivity index (χ0) is 20.5. The van der Waals surface area contributed by atoms with Crippen LogP contribution < -0.4 is 14.4 Å². The molecule has 0 N–H and O–H groups in total. The summed E-state index contributed by atoms with van der Waals surface area (Å²) < 4.78 is 10.8. The van der Waals surface area contributed by atoms with E-state index in [0.29, 0.717) is 23.7 Å². The number of para-hydroxylation sites is 2. The second-order valence-corrected chi connectivity index (χ2v) is 7.46. The molecule has 1 fully saturated rings. The molecule has 2 aromatic rings. The molecule has 7 heteroatoms. The van der Waals surface area contributed by atoms with Crippen molar-refractivity contribution in [2.75, 3.05) is 32.2 Å². The van der Waals surface area contributed by atoms with Gasteiger partial charge in [0.1, 0.15) is 17.9 Å². The summed E-state index contributed by atoms with van der Waals surface area (Å²) in [5, 5.41) is 0. The summed E-state index contributed by atoms with van der Waals surface area (Å²) >= 11 is 0. The molecule has 1 saturated heterocycles. The number of aryl methyl sites for hydroxylation is 2. The number of hydrogen-bond acceptors (Lipinski definition) is 5. The number of benzene rings is 1. The van der Waals surface area contributed by atoms with Crippen LogP contribution in [0.15, 0.2) is 30.3 Å². The van der Waals surface area contributed by atoms with E-state index in [1.165, 1.54) is 7.11 Å². The third-order valence-corrected chi connectivity index (χ3v) is 5.66. The monoisotopic (exact) mass is 395 g/mol. The van der Waals surface area contributed by atoms with Crippen LogP contribution in [0.25, 0.3) is 0 Å². The highest BCUT2D eigenvalue weighted by atomic mass is 16.5. The topological polar surface area (TPSA) is 72.0 Å². The molecule has 2 heterocycles. The number of aromatic nitrogens is 1. The van der Waals surface area contributed by atoms with Crippen LogP contribution in [0.2, 0.25) is 0 Å². The number of carbonyl (C=O) groups is 2. The number of nitrogens with zero attached hydrogens (tertiary/aromatic N) is 3. The lowest BCUT2D eigenvalue weighted by molar-refractivity contribution is -0.121. The molecule has 0 radical (unpaired) electrons. The molecule has 152 valence electrons. The van der Waals surface area contributed by atoms with Crippen molar-refractivity contribution >= 4 is 17.5 Å². The van der Waals surface area contributed by atoms with Crippen LogP contribution in [-0.2, 0) is 17.6 Å². The highest BCUT2D eigenvalue weighted by molar-refractivity contribution is 6.03. The number of fused-ring (bicyclic) bond motifs is 1. The Labute approximate surface area is 170 Å². The molecule has 0 spiro atoms. The Balaban J connectivity index is 1.60. The summed E-state index contributed by atoms with van der Waals surface area (Å²) in [6.07, 6.45) is 2.87. The Kier molecular flexibility index (Phi) is 5.13. The minimum absolute atomic E-state index is 0.00170. The van der Waals surface area contributed by atoms with Gasteiger partial charge >= 0.3 is 0 Å². The lowest BCUT2D eigenvalue weighted by atomic mass is 10.1. The van der Waals surface area contributed by atoms with Crippen LogP contribution in [0.5, 0.6) is 11.6 Å². The number of amides is 2. The van der Waals surface area contributed by atoms with Crippen LogP contribution in [0.4, 0.5) is 5.69 Å². The van der Waals surface area contributed by atoms with Crippen LogP contribution in [0.1, 0.15) is 35.0 Å². The molecular weight excluding hydrogens is 370 g/mol. The second kappa shape index (κ2) is 7.73. The number of carbonyl (C=O) groups excluding carboxylic acids is 2. The lowest BCUT2D eigenvalue weighted by Crippen LogP contribution is -2.57. The average Bonchev–Trinajstić information content (AvgIpc) is 3.21. The van der Waals surface area contributed by atoms with E-state index in [1.807, 2.05) is 37.3 Å². The molecule has 2 amide bonds. The van der Waals surface area contributed by atoms with Gasteiger partial charge in [-0.25, -0.2) is 4.98 Å². The highest BCUT2D eigenvalue weighted by Crippen LogP contribution is 2.32. The molecule has 4 rings (SSSR count). The molecule has 7 nitrogen and oxygen atoms in total. The van der Waals surface area contributed by atoms with E-state index in [2.05, 4.69) is 4.98 Å². The van der Waals surface area contributed by atoms with Gasteiger partial charge in [-0.15, -0.1) is 0 Å². The van der Waals surface area contributed by atoms with Crippen molar-refractivity contribution in [1.82, 2.24) is 9.88 Å². The number of methoxy groups -OCH3 is 2. The highest BCUT2D eigenvalue weighted by Gasteiger charge is 2.36. The molecule has 1 atom stereocenters. The first-order valence-electron chi connectivity index (χ1n) is 9.84. The van der Waals surface area contributed by atoms with Gasteiger partial charge in [-0.05, 0) is 49.9 Å². The number of piperazine rings is 1. The smallest absolute Gasteiger partial charge is 0.260 e. The summed E-state index contributed by atoms with van der Waals surface area (Å²) in [6, 6.07) is 9.14. The maximum absolute atomic E-state index is 13.3. The quantitative estimate of drug-likeness (QED) is 0.795. The predicted molar refractivity (Wildman–Crippen MR) is 109 cm³/mol. The maximum atomic E-state index is 13.3. The van der Waals surface area contributed by atoms with Crippen LogP contribution >= 0.6 is 0 Å². The van der Waals surface area contributed by atoms with Gasteiger partial charge in [-0.3, -0.25) is 9.59 Å². The van der Waals surface area contributed by atoms with Crippen molar-refractivity contribution in [3.63, 3.8) is 0 Å². The fourth-order valence-corrected chi connectivity index (χ4v) is 4.13. The Morgan fingerprint density at radius 1 is 1.17 bits per heavy atom. The Morgan fingerprint density at radius 3 is 2.72 bits per heavy atom. The Bertz CT molecular complexity index is 959. The van der Waals surface area contributed by atoms with Crippen LogP contribution in [-0.4, -0.2) is 55.0 Å². The van der Waals surface area contributed by atoms with Gasteiger partial charge in [-0.2, -0.15) is 0 Å². The third kappa shape index (κ3) is 3.41. The molecule has 29 heavy (non-hydrogen) atoms. The van der Waals surface area contributed by atoms with Crippen molar-refractivity contribution in [1.29, 1.82) is 0 Å². The van der Waals surface area contributed by atoms with E-state index in [4.69, 9.17) is 9.47 Å². The van der Waals surface area contributed by atoms with Gasteiger partial charge in [0.05, 0.1) is 19.9 Å². The average molecular weight is 395 g/mol. The summed E-state index contributed by atoms with van der Waals surface area (Å²) in [5.74, 6) is 0.610. The summed E-state index contributed by atoms with van der Waals surface area (Å²) in [4.78, 5) is 34.1. The van der Waals surface area contributed by atoms with E-state index in [-0.39, 0.29) is 24.4 Å². The zero-order valence-electron chi connectivity index (χ0n) is 17.0. The summed E-state index contributed by atoms with van der Waals surface area (Å²) in [7, 11) is 3.11. The van der Waals surface area contributed by atoms with Gasteiger partial charge < -0.3 is 19.3 Å². The van der Waals surface area contributed by atoms with Crippen molar-refractivity contribution in [2.24, 2.45) is 0 Å². The minimum Gasteiger partial charge on any atom is -0.495 e.